The standard InChI is InChI=1S/C34H24BrNO4/c1-38-29-18-22(13-17-28(29)39-19-20-10-14-23(35)15-11-20)30-31-24-7-3-2-6-21(24)12-16-26(31)36-33-25-8-4-5-9-27(25)40-34(37)32(30)33/h2-18,30,36H,19H2,1H3. The summed E-state index contributed by atoms with van der Waals surface area (Å²) in [6, 6.07) is 34.0. The summed E-state index contributed by atoms with van der Waals surface area (Å²) in [7, 11) is 1.63. The fourth-order valence-electron chi connectivity index (χ4n) is 5.61. The van der Waals surface area contributed by atoms with Crippen molar-refractivity contribution in [3.8, 4) is 11.5 Å². The number of methoxy groups -OCH3 is 1. The molecule has 0 saturated carbocycles. The van der Waals surface area contributed by atoms with Crippen LogP contribution in [0.1, 0.15) is 28.2 Å². The van der Waals surface area contributed by atoms with E-state index in [1.165, 1.54) is 0 Å². The molecule has 7 rings (SSSR count). The van der Waals surface area contributed by atoms with Gasteiger partial charge in [0.15, 0.2) is 11.5 Å². The van der Waals surface area contributed by atoms with Crippen molar-refractivity contribution in [2.45, 2.75) is 12.5 Å². The average Bonchev–Trinajstić information content (AvgIpc) is 2.99. The number of halogens is 1. The van der Waals surface area contributed by atoms with E-state index in [0.29, 0.717) is 29.3 Å². The molecule has 6 heteroatoms. The summed E-state index contributed by atoms with van der Waals surface area (Å²) in [4.78, 5) is 13.6. The fourth-order valence-corrected chi connectivity index (χ4v) is 5.88. The van der Waals surface area contributed by atoms with Crippen LogP contribution in [-0.4, -0.2) is 7.11 Å². The van der Waals surface area contributed by atoms with E-state index in [1.807, 2.05) is 78.9 Å². The highest BCUT2D eigenvalue weighted by Gasteiger charge is 2.34. The molecule has 2 heterocycles. The molecule has 0 aliphatic carbocycles. The van der Waals surface area contributed by atoms with Gasteiger partial charge in [-0.25, -0.2) is 4.79 Å². The van der Waals surface area contributed by atoms with E-state index >= 15 is 0 Å². The van der Waals surface area contributed by atoms with Crippen molar-refractivity contribution in [3.63, 3.8) is 0 Å². The minimum Gasteiger partial charge on any atom is -0.493 e. The Hall–Kier alpha value is -4.55. The Bertz CT molecular complexity index is 1960. The smallest absolute Gasteiger partial charge is 0.342 e. The van der Waals surface area contributed by atoms with Gasteiger partial charge in [0, 0.05) is 21.5 Å². The summed E-state index contributed by atoms with van der Waals surface area (Å²) in [6.45, 7) is 0.405. The highest BCUT2D eigenvalue weighted by molar-refractivity contribution is 9.10. The lowest BCUT2D eigenvalue weighted by Crippen LogP contribution is -2.22. The minimum absolute atomic E-state index is 0.362. The van der Waals surface area contributed by atoms with Gasteiger partial charge in [-0.15, -0.1) is 0 Å². The van der Waals surface area contributed by atoms with Crippen LogP contribution in [0.25, 0.3) is 21.7 Å². The van der Waals surface area contributed by atoms with Crippen molar-refractivity contribution in [1.82, 2.24) is 0 Å². The van der Waals surface area contributed by atoms with Crippen LogP contribution >= 0.6 is 15.9 Å². The van der Waals surface area contributed by atoms with Gasteiger partial charge < -0.3 is 19.2 Å². The number of para-hydroxylation sites is 1. The molecule has 1 unspecified atom stereocenters. The average molecular weight is 590 g/mol. The number of rotatable bonds is 5. The van der Waals surface area contributed by atoms with Gasteiger partial charge >= 0.3 is 5.63 Å². The van der Waals surface area contributed by atoms with Crippen molar-refractivity contribution < 1.29 is 13.9 Å². The number of fused-ring (bicyclic) bond motifs is 6. The van der Waals surface area contributed by atoms with Gasteiger partial charge in [-0.1, -0.05) is 76.6 Å². The second-order valence-electron chi connectivity index (χ2n) is 9.81. The zero-order valence-corrected chi connectivity index (χ0v) is 23.2. The lowest BCUT2D eigenvalue weighted by atomic mass is 9.79. The van der Waals surface area contributed by atoms with Gasteiger partial charge in [0.05, 0.1) is 18.4 Å². The topological polar surface area (TPSA) is 60.7 Å². The number of hydrogen-bond donors (Lipinski definition) is 1. The molecule has 1 atom stereocenters. The second kappa shape index (κ2) is 9.88. The van der Waals surface area contributed by atoms with E-state index in [-0.39, 0.29) is 11.5 Å². The lowest BCUT2D eigenvalue weighted by molar-refractivity contribution is 0.284. The molecule has 196 valence electrons. The van der Waals surface area contributed by atoms with Crippen LogP contribution < -0.4 is 20.4 Å². The van der Waals surface area contributed by atoms with Crippen molar-refractivity contribution in [3.05, 3.63) is 140 Å². The minimum atomic E-state index is -0.382. The van der Waals surface area contributed by atoms with Crippen LogP contribution in [0.4, 0.5) is 11.4 Å². The molecule has 5 aromatic carbocycles. The van der Waals surface area contributed by atoms with Crippen molar-refractivity contribution >= 4 is 49.0 Å². The molecule has 0 amide bonds. The first-order valence-electron chi connectivity index (χ1n) is 13.0. The first kappa shape index (κ1) is 24.5. The summed E-state index contributed by atoms with van der Waals surface area (Å²) >= 11 is 3.47. The molecule has 5 nitrogen and oxygen atoms in total. The molecule has 0 radical (unpaired) electrons. The van der Waals surface area contributed by atoms with Gasteiger partial charge in [-0.05, 0) is 69.9 Å². The van der Waals surface area contributed by atoms with E-state index in [9.17, 15) is 4.79 Å². The molecule has 0 saturated heterocycles. The molecular weight excluding hydrogens is 566 g/mol. The first-order valence-corrected chi connectivity index (χ1v) is 13.8. The van der Waals surface area contributed by atoms with Crippen LogP contribution in [0, 0.1) is 0 Å². The Morgan fingerprint density at radius 3 is 2.42 bits per heavy atom. The first-order chi connectivity index (χ1) is 19.6. The predicted molar refractivity (Wildman–Crippen MR) is 162 cm³/mol. The number of nitrogens with one attached hydrogen (secondary N) is 1. The van der Waals surface area contributed by atoms with E-state index in [4.69, 9.17) is 13.9 Å². The molecule has 40 heavy (non-hydrogen) atoms. The van der Waals surface area contributed by atoms with E-state index in [1.54, 1.807) is 7.11 Å². The van der Waals surface area contributed by atoms with Gasteiger partial charge in [0.2, 0.25) is 0 Å². The summed E-state index contributed by atoms with van der Waals surface area (Å²) in [5.74, 6) is 0.848. The van der Waals surface area contributed by atoms with Crippen molar-refractivity contribution in [2.75, 3.05) is 12.4 Å². The lowest BCUT2D eigenvalue weighted by Gasteiger charge is -2.31. The maximum atomic E-state index is 13.6. The molecule has 0 fully saturated rings. The Labute approximate surface area is 239 Å². The normalized spacial score (nSPS) is 13.9. The molecular formula is C34H24BrNO4. The molecule has 1 aliphatic rings. The summed E-state index contributed by atoms with van der Waals surface area (Å²) < 4.78 is 18.8. The van der Waals surface area contributed by atoms with Crippen LogP contribution in [-0.2, 0) is 6.61 Å². The molecule has 1 aromatic heterocycles. The summed E-state index contributed by atoms with van der Waals surface area (Å²) in [5, 5.41) is 6.62. The molecule has 6 aromatic rings. The Morgan fingerprint density at radius 2 is 1.60 bits per heavy atom. The number of ether oxygens (including phenoxy) is 2. The van der Waals surface area contributed by atoms with Gasteiger partial charge in [0.25, 0.3) is 0 Å². The third-order valence-corrected chi connectivity index (χ3v) is 8.01. The number of benzene rings is 5. The fraction of sp³-hybridized carbons (Fsp3) is 0.0882. The van der Waals surface area contributed by atoms with Crippen LogP contribution in [0.5, 0.6) is 11.5 Å². The quantitative estimate of drug-likeness (QED) is 0.204. The maximum Gasteiger partial charge on any atom is 0.342 e. The molecule has 1 N–H and O–H groups in total. The molecule has 0 bridgehead atoms. The zero-order chi connectivity index (χ0) is 27.2. The highest BCUT2D eigenvalue weighted by Crippen LogP contribution is 2.49. The van der Waals surface area contributed by atoms with E-state index in [2.05, 4.69) is 45.5 Å². The SMILES string of the molecule is COc1cc(C2c3c(c4ccccc4oc3=O)Nc3ccc4ccccc4c32)ccc1OCc1ccc(Br)cc1. The Morgan fingerprint density at radius 1 is 0.825 bits per heavy atom. The van der Waals surface area contributed by atoms with E-state index in [0.717, 1.165) is 48.7 Å². The van der Waals surface area contributed by atoms with Crippen molar-refractivity contribution in [1.29, 1.82) is 0 Å². The van der Waals surface area contributed by atoms with Crippen LogP contribution in [0.2, 0.25) is 0 Å². The summed E-state index contributed by atoms with van der Waals surface area (Å²) in [5.41, 5.74) is 5.49. The monoisotopic (exact) mass is 589 g/mol. The third-order valence-electron chi connectivity index (χ3n) is 7.48. The third kappa shape index (κ3) is 4.12. The Kier molecular flexibility index (Phi) is 6.05. The van der Waals surface area contributed by atoms with Gasteiger partial charge in [-0.3, -0.25) is 0 Å². The second-order valence-corrected chi connectivity index (χ2v) is 10.7. The molecule has 0 spiro atoms. The zero-order valence-electron chi connectivity index (χ0n) is 21.6. The number of anilines is 2. The van der Waals surface area contributed by atoms with Crippen LogP contribution in [0.15, 0.2) is 117 Å². The number of hydrogen-bond acceptors (Lipinski definition) is 5. The largest absolute Gasteiger partial charge is 0.493 e. The maximum absolute atomic E-state index is 13.6. The van der Waals surface area contributed by atoms with Gasteiger partial charge in [0.1, 0.15) is 12.2 Å². The highest BCUT2D eigenvalue weighted by atomic mass is 79.9. The van der Waals surface area contributed by atoms with Gasteiger partial charge in [-0.2, -0.15) is 0 Å². The summed E-state index contributed by atoms with van der Waals surface area (Å²) in [6.07, 6.45) is 0. The Balaban J connectivity index is 1.40. The predicted octanol–water partition coefficient (Wildman–Crippen LogP) is 8.53. The van der Waals surface area contributed by atoms with Crippen LogP contribution in [0.3, 0.4) is 0 Å². The van der Waals surface area contributed by atoms with Crippen molar-refractivity contribution in [2.24, 2.45) is 0 Å². The molecule has 1 aliphatic heterocycles. The van der Waals surface area contributed by atoms with E-state index < -0.39 is 0 Å².